The third-order valence-corrected chi connectivity index (χ3v) is 9.31. The first-order valence-corrected chi connectivity index (χ1v) is 15.2. The van der Waals surface area contributed by atoms with Crippen LogP contribution in [0.15, 0.2) is 144 Å². The van der Waals surface area contributed by atoms with Gasteiger partial charge in [-0.25, -0.2) is 0 Å². The Balaban J connectivity index is 1.34. The molecule has 0 N–H and O–H groups in total. The van der Waals surface area contributed by atoms with E-state index in [4.69, 9.17) is 0 Å². The van der Waals surface area contributed by atoms with Crippen molar-refractivity contribution in [2.45, 2.75) is 19.3 Å². The predicted octanol–water partition coefficient (Wildman–Crippen LogP) is 11.3. The number of anilines is 3. The van der Waals surface area contributed by atoms with Gasteiger partial charge in [-0.3, -0.25) is 0 Å². The summed E-state index contributed by atoms with van der Waals surface area (Å²) < 4.78 is 3.45. The third-order valence-electron chi connectivity index (χ3n) is 8.82. The van der Waals surface area contributed by atoms with E-state index in [-0.39, 0.29) is 5.41 Å². The topological polar surface area (TPSA) is 8.17 Å². The average molecular weight is 606 g/mol. The first-order chi connectivity index (χ1) is 20.5. The van der Waals surface area contributed by atoms with Crippen LogP contribution in [0.1, 0.15) is 25.0 Å². The van der Waals surface area contributed by atoms with Crippen LogP contribution in [0, 0.1) is 0 Å². The number of benzene rings is 6. The molecule has 0 amide bonds. The summed E-state index contributed by atoms with van der Waals surface area (Å²) >= 11 is 3.72. The maximum absolute atomic E-state index is 3.72. The highest BCUT2D eigenvalue weighted by Gasteiger charge is 2.36. The predicted molar refractivity (Wildman–Crippen MR) is 181 cm³/mol. The van der Waals surface area contributed by atoms with Gasteiger partial charge in [0.05, 0.1) is 22.4 Å². The van der Waals surface area contributed by atoms with Gasteiger partial charge in [0.15, 0.2) is 0 Å². The van der Waals surface area contributed by atoms with Gasteiger partial charge in [-0.2, -0.15) is 0 Å². The van der Waals surface area contributed by atoms with Crippen molar-refractivity contribution >= 4 is 54.8 Å². The van der Waals surface area contributed by atoms with E-state index >= 15 is 0 Å². The molecule has 0 saturated heterocycles. The molecular formula is C39H29BrN2. The Kier molecular flexibility index (Phi) is 5.67. The number of fused-ring (bicyclic) bond motifs is 5. The molecule has 2 nitrogen and oxygen atoms in total. The molecule has 0 spiro atoms. The first kappa shape index (κ1) is 25.1. The van der Waals surface area contributed by atoms with Crippen LogP contribution in [-0.2, 0) is 5.41 Å². The molecule has 8 rings (SSSR count). The lowest BCUT2D eigenvalue weighted by atomic mass is 9.73. The van der Waals surface area contributed by atoms with Gasteiger partial charge in [0.25, 0.3) is 0 Å². The molecule has 2 heterocycles. The van der Waals surface area contributed by atoms with Crippen molar-refractivity contribution in [2.24, 2.45) is 0 Å². The Morgan fingerprint density at radius 3 is 1.83 bits per heavy atom. The first-order valence-electron chi connectivity index (χ1n) is 14.4. The molecule has 1 aliphatic rings. The number of nitrogens with zero attached hydrogens (tertiary/aromatic N) is 2. The molecule has 1 aliphatic heterocycles. The molecule has 6 aromatic carbocycles. The van der Waals surface area contributed by atoms with Crippen molar-refractivity contribution in [3.05, 3.63) is 155 Å². The molecule has 202 valence electrons. The van der Waals surface area contributed by atoms with E-state index in [1.54, 1.807) is 0 Å². The minimum Gasteiger partial charge on any atom is -0.310 e. The molecule has 3 heteroatoms. The molecule has 0 fully saturated rings. The van der Waals surface area contributed by atoms with Crippen molar-refractivity contribution in [1.82, 2.24) is 4.57 Å². The maximum atomic E-state index is 3.72. The zero-order chi connectivity index (χ0) is 28.4. The van der Waals surface area contributed by atoms with Gasteiger partial charge in [0.1, 0.15) is 0 Å². The standard InChI is InChI=1S/C39H29BrN2/c1-39(2)33-15-9-10-16-37(33)42(30-13-7-4-8-14-30)38-21-18-27(24-34(38)39)26-17-20-35-31(23-26)32-25-28(40)19-22-36(32)41(35)29-11-5-3-6-12-29/h3-25H,1-2H3. The molecule has 7 aromatic rings. The van der Waals surface area contributed by atoms with Gasteiger partial charge in [-0.15, -0.1) is 0 Å². The fourth-order valence-electron chi connectivity index (χ4n) is 6.77. The Labute approximate surface area is 254 Å². The Hall–Kier alpha value is -4.60. The zero-order valence-corrected chi connectivity index (χ0v) is 25.1. The monoisotopic (exact) mass is 604 g/mol. The van der Waals surface area contributed by atoms with Crippen molar-refractivity contribution in [2.75, 3.05) is 4.90 Å². The van der Waals surface area contributed by atoms with Crippen LogP contribution < -0.4 is 4.90 Å². The molecule has 0 bridgehead atoms. The summed E-state index contributed by atoms with van der Waals surface area (Å²) in [6.07, 6.45) is 0. The van der Waals surface area contributed by atoms with E-state index in [0.29, 0.717) is 0 Å². The normalized spacial score (nSPS) is 13.7. The van der Waals surface area contributed by atoms with Crippen molar-refractivity contribution < 1.29 is 0 Å². The molecular weight excluding hydrogens is 576 g/mol. The lowest BCUT2D eigenvalue weighted by molar-refractivity contribution is 0.632. The number of hydrogen-bond donors (Lipinski definition) is 0. The number of halogens is 1. The van der Waals surface area contributed by atoms with Crippen LogP contribution in [-0.4, -0.2) is 4.57 Å². The van der Waals surface area contributed by atoms with Gasteiger partial charge < -0.3 is 9.47 Å². The summed E-state index contributed by atoms with van der Waals surface area (Å²) in [5, 5.41) is 2.49. The Bertz CT molecular complexity index is 2120. The van der Waals surface area contributed by atoms with E-state index in [2.05, 4.69) is 179 Å². The van der Waals surface area contributed by atoms with Crippen LogP contribution in [0.2, 0.25) is 0 Å². The number of hydrogen-bond acceptors (Lipinski definition) is 1. The highest BCUT2D eigenvalue weighted by atomic mass is 79.9. The average Bonchev–Trinajstić information content (AvgIpc) is 3.35. The van der Waals surface area contributed by atoms with Crippen LogP contribution in [0.5, 0.6) is 0 Å². The lowest BCUT2D eigenvalue weighted by Gasteiger charge is -2.42. The third kappa shape index (κ3) is 3.77. The summed E-state index contributed by atoms with van der Waals surface area (Å²) in [5.41, 5.74) is 12.2. The van der Waals surface area contributed by atoms with E-state index in [0.717, 1.165) is 4.47 Å². The Morgan fingerprint density at radius 2 is 1.07 bits per heavy atom. The summed E-state index contributed by atoms with van der Waals surface area (Å²) in [4.78, 5) is 2.41. The van der Waals surface area contributed by atoms with E-state index in [9.17, 15) is 0 Å². The molecule has 0 atom stereocenters. The fraction of sp³-hybridized carbons (Fsp3) is 0.0769. The van der Waals surface area contributed by atoms with Gasteiger partial charge in [0, 0.05) is 32.0 Å². The SMILES string of the molecule is CC1(C)c2ccccc2N(c2ccccc2)c2ccc(-c3ccc4c(c3)c3cc(Br)ccc3n4-c3ccccc3)cc21. The summed E-state index contributed by atoms with van der Waals surface area (Å²) in [6.45, 7) is 4.70. The van der Waals surface area contributed by atoms with Crippen LogP contribution in [0.25, 0.3) is 38.6 Å². The van der Waals surface area contributed by atoms with Crippen LogP contribution in [0.4, 0.5) is 17.1 Å². The number of rotatable bonds is 3. The molecule has 0 aliphatic carbocycles. The molecule has 1 aromatic heterocycles. The maximum Gasteiger partial charge on any atom is 0.0541 e. The van der Waals surface area contributed by atoms with Crippen molar-refractivity contribution in [1.29, 1.82) is 0 Å². The molecule has 0 unspecified atom stereocenters. The second kappa shape index (κ2) is 9.47. The smallest absolute Gasteiger partial charge is 0.0541 e. The zero-order valence-electron chi connectivity index (χ0n) is 23.6. The molecule has 0 radical (unpaired) electrons. The van der Waals surface area contributed by atoms with Gasteiger partial charge in [-0.1, -0.05) is 96.5 Å². The largest absolute Gasteiger partial charge is 0.310 e. The van der Waals surface area contributed by atoms with Gasteiger partial charge >= 0.3 is 0 Å². The van der Waals surface area contributed by atoms with Crippen LogP contribution >= 0.6 is 15.9 Å². The van der Waals surface area contributed by atoms with E-state index in [1.165, 1.54) is 66.8 Å². The second-order valence-corrected chi connectivity index (χ2v) is 12.5. The van der Waals surface area contributed by atoms with Crippen molar-refractivity contribution in [3.63, 3.8) is 0 Å². The second-order valence-electron chi connectivity index (χ2n) is 11.6. The minimum absolute atomic E-state index is 0.147. The quantitative estimate of drug-likeness (QED) is 0.195. The summed E-state index contributed by atoms with van der Waals surface area (Å²) in [5.74, 6) is 0. The van der Waals surface area contributed by atoms with Crippen LogP contribution in [0.3, 0.4) is 0 Å². The fourth-order valence-corrected chi connectivity index (χ4v) is 7.13. The van der Waals surface area contributed by atoms with Gasteiger partial charge in [-0.05, 0) is 95.1 Å². The summed E-state index contributed by atoms with van der Waals surface area (Å²) in [6, 6.07) is 50.7. The van der Waals surface area contributed by atoms with Gasteiger partial charge in [0.2, 0.25) is 0 Å². The number of para-hydroxylation sites is 3. The number of aromatic nitrogens is 1. The lowest BCUT2D eigenvalue weighted by Crippen LogP contribution is -2.30. The minimum atomic E-state index is -0.147. The van der Waals surface area contributed by atoms with E-state index < -0.39 is 0 Å². The van der Waals surface area contributed by atoms with Crippen molar-refractivity contribution in [3.8, 4) is 16.8 Å². The molecule has 0 saturated carbocycles. The molecule has 42 heavy (non-hydrogen) atoms. The Morgan fingerprint density at radius 1 is 0.500 bits per heavy atom. The highest BCUT2D eigenvalue weighted by molar-refractivity contribution is 9.10. The highest BCUT2D eigenvalue weighted by Crippen LogP contribution is 2.52. The van der Waals surface area contributed by atoms with E-state index in [1.807, 2.05) is 0 Å². The summed E-state index contributed by atoms with van der Waals surface area (Å²) in [7, 11) is 0.